The Morgan fingerprint density at radius 2 is 1.46 bits per heavy atom. The quantitative estimate of drug-likeness (QED) is 0.0896. The molecular formula is C28H35N3O4. The molecule has 35 heavy (non-hydrogen) atoms. The van der Waals surface area contributed by atoms with Gasteiger partial charge in [0.05, 0.1) is 16.2 Å². The van der Waals surface area contributed by atoms with Crippen LogP contribution in [-0.4, -0.2) is 39.6 Å². The zero-order chi connectivity index (χ0) is 25.2. The molecule has 3 aromatic rings. The van der Waals surface area contributed by atoms with Crippen LogP contribution < -0.4 is 0 Å². The molecule has 0 saturated heterocycles. The minimum atomic E-state index is -0.540. The highest BCUT2D eigenvalue weighted by atomic mass is 16.6. The Balaban J connectivity index is 1.93. The van der Waals surface area contributed by atoms with Crippen molar-refractivity contribution < 1.29 is 14.5 Å². The van der Waals surface area contributed by atoms with Gasteiger partial charge in [0.2, 0.25) is 0 Å². The molecule has 0 radical (unpaired) electrons. The number of nitro groups is 1. The van der Waals surface area contributed by atoms with Crippen molar-refractivity contribution in [1.29, 1.82) is 0 Å². The Hall–Kier alpha value is -3.48. The third kappa shape index (κ3) is 6.56. The van der Waals surface area contributed by atoms with Crippen molar-refractivity contribution in [1.82, 2.24) is 9.88 Å². The minimum Gasteiger partial charge on any atom is -0.354 e. The fourth-order valence-corrected chi connectivity index (χ4v) is 4.37. The number of amides is 1. The van der Waals surface area contributed by atoms with Crippen LogP contribution in [0.1, 0.15) is 75.6 Å². The highest BCUT2D eigenvalue weighted by Gasteiger charge is 2.28. The Bertz CT molecular complexity index is 1140. The number of carbonyl (C=O) groups excluding carboxylic acids is 2. The maximum absolute atomic E-state index is 13.7. The van der Waals surface area contributed by atoms with Crippen LogP contribution in [0, 0.1) is 10.1 Å². The van der Waals surface area contributed by atoms with Crippen LogP contribution in [0.5, 0.6) is 0 Å². The van der Waals surface area contributed by atoms with Crippen molar-refractivity contribution in [2.24, 2.45) is 0 Å². The Kier molecular flexibility index (Phi) is 9.58. The van der Waals surface area contributed by atoms with Crippen LogP contribution in [-0.2, 0) is 4.79 Å². The first-order valence-corrected chi connectivity index (χ1v) is 12.7. The van der Waals surface area contributed by atoms with E-state index in [4.69, 9.17) is 0 Å². The lowest BCUT2D eigenvalue weighted by molar-refractivity contribution is -0.384. The summed E-state index contributed by atoms with van der Waals surface area (Å²) in [7, 11) is 0. The Morgan fingerprint density at radius 3 is 2.03 bits per heavy atom. The molecule has 0 atom stereocenters. The number of non-ortho nitro benzene ring substituents is 1. The van der Waals surface area contributed by atoms with E-state index in [2.05, 4.69) is 18.8 Å². The van der Waals surface area contributed by atoms with Crippen molar-refractivity contribution in [3.05, 3.63) is 64.2 Å². The number of fused-ring (bicyclic) bond motifs is 1. The van der Waals surface area contributed by atoms with Crippen LogP contribution in [0.25, 0.3) is 22.2 Å². The second-order valence-corrected chi connectivity index (χ2v) is 8.97. The summed E-state index contributed by atoms with van der Waals surface area (Å²) in [5.74, 6) is -1.02. The summed E-state index contributed by atoms with van der Waals surface area (Å²) in [5, 5.41) is 11.8. The maximum Gasteiger partial charge on any atom is 0.295 e. The van der Waals surface area contributed by atoms with Crippen LogP contribution in [0.2, 0.25) is 0 Å². The summed E-state index contributed by atoms with van der Waals surface area (Å²) in [4.78, 5) is 42.8. The second kappa shape index (κ2) is 12.8. The largest absolute Gasteiger partial charge is 0.354 e. The number of carbonyl (C=O) groups is 2. The summed E-state index contributed by atoms with van der Waals surface area (Å²) < 4.78 is 0. The number of rotatable bonds is 14. The molecule has 0 aliphatic rings. The topological polar surface area (TPSA) is 96.3 Å². The standard InChI is InChI=1S/C28H35N3O4/c1-3-5-7-11-19-30(20-12-8-6-4-2)28(33)27(32)25-23-13-9-10-14-24(23)29-26(25)21-15-17-22(18-16-21)31(34)35/h9-10,13-18,29H,3-8,11-12,19-20H2,1-2H3. The lowest BCUT2D eigenvalue weighted by atomic mass is 10.0. The van der Waals surface area contributed by atoms with Gasteiger partial charge in [-0.1, -0.05) is 70.6 Å². The number of hydrogen-bond donors (Lipinski definition) is 1. The maximum atomic E-state index is 13.7. The number of ketones is 1. The SMILES string of the molecule is CCCCCCN(CCCCCC)C(=O)C(=O)c1c(-c2ccc([N+](=O)[O-])cc2)[nH]c2ccccc12. The molecule has 0 saturated carbocycles. The minimum absolute atomic E-state index is 0.0286. The highest BCUT2D eigenvalue weighted by molar-refractivity contribution is 6.46. The Morgan fingerprint density at radius 1 is 0.857 bits per heavy atom. The van der Waals surface area contributed by atoms with Gasteiger partial charge in [0.25, 0.3) is 17.4 Å². The number of benzene rings is 2. The van der Waals surface area contributed by atoms with Gasteiger partial charge in [0.15, 0.2) is 0 Å². The lowest BCUT2D eigenvalue weighted by Crippen LogP contribution is -2.38. The molecule has 0 fully saturated rings. The predicted molar refractivity (Wildman–Crippen MR) is 140 cm³/mol. The third-order valence-electron chi connectivity index (χ3n) is 6.34. The normalized spacial score (nSPS) is 11.0. The van der Waals surface area contributed by atoms with E-state index in [9.17, 15) is 19.7 Å². The number of nitro benzene ring substituents is 1. The molecule has 0 unspecified atom stereocenters. The third-order valence-corrected chi connectivity index (χ3v) is 6.34. The number of aromatic nitrogens is 1. The molecule has 7 nitrogen and oxygen atoms in total. The van der Waals surface area contributed by atoms with Crippen molar-refractivity contribution in [3.63, 3.8) is 0 Å². The predicted octanol–water partition coefficient (Wildman–Crippen LogP) is 6.92. The van der Waals surface area contributed by atoms with E-state index < -0.39 is 16.6 Å². The van der Waals surface area contributed by atoms with Gasteiger partial charge in [-0.15, -0.1) is 0 Å². The molecule has 0 bridgehead atoms. The van der Waals surface area contributed by atoms with Gasteiger partial charge in [-0.25, -0.2) is 0 Å². The Labute approximate surface area is 206 Å². The number of para-hydroxylation sites is 1. The molecule has 7 heteroatoms. The molecule has 0 aliphatic heterocycles. The molecule has 3 rings (SSSR count). The van der Waals surface area contributed by atoms with Crippen LogP contribution in [0.4, 0.5) is 5.69 Å². The summed E-state index contributed by atoms with van der Waals surface area (Å²) in [5.41, 5.74) is 2.18. The average molecular weight is 478 g/mol. The summed E-state index contributed by atoms with van der Waals surface area (Å²) in [6.07, 6.45) is 8.26. The zero-order valence-corrected chi connectivity index (χ0v) is 20.7. The van der Waals surface area contributed by atoms with Gasteiger partial charge in [0, 0.05) is 36.1 Å². The summed E-state index contributed by atoms with van der Waals surface area (Å²) >= 11 is 0. The lowest BCUT2D eigenvalue weighted by Gasteiger charge is -2.22. The number of nitrogens with zero attached hydrogens (tertiary/aromatic N) is 2. The fourth-order valence-electron chi connectivity index (χ4n) is 4.37. The molecular weight excluding hydrogens is 442 g/mol. The molecule has 1 aromatic heterocycles. The van der Waals surface area contributed by atoms with Gasteiger partial charge in [0.1, 0.15) is 0 Å². The van der Waals surface area contributed by atoms with Gasteiger partial charge >= 0.3 is 0 Å². The van der Waals surface area contributed by atoms with Gasteiger partial charge in [-0.3, -0.25) is 19.7 Å². The van der Waals surface area contributed by atoms with Gasteiger partial charge in [-0.2, -0.15) is 0 Å². The first-order chi connectivity index (χ1) is 17.0. The molecule has 2 aromatic carbocycles. The number of H-pyrrole nitrogens is 1. The number of aromatic amines is 1. The van der Waals surface area contributed by atoms with Crippen LogP contribution in [0.15, 0.2) is 48.5 Å². The fraction of sp³-hybridized carbons (Fsp3) is 0.429. The summed E-state index contributed by atoms with van der Waals surface area (Å²) in [6, 6.07) is 13.4. The first kappa shape index (κ1) is 26.1. The smallest absolute Gasteiger partial charge is 0.295 e. The van der Waals surface area contributed by atoms with Crippen molar-refractivity contribution >= 4 is 28.3 Å². The molecule has 0 spiro atoms. The van der Waals surface area contributed by atoms with Gasteiger partial charge in [-0.05, 0) is 36.6 Å². The van der Waals surface area contributed by atoms with Crippen molar-refractivity contribution in [2.45, 2.75) is 65.2 Å². The van der Waals surface area contributed by atoms with E-state index in [1.54, 1.807) is 17.0 Å². The molecule has 186 valence electrons. The van der Waals surface area contributed by atoms with E-state index in [1.165, 1.54) is 12.1 Å². The molecule has 1 N–H and O–H groups in total. The van der Waals surface area contributed by atoms with E-state index in [1.807, 2.05) is 24.3 Å². The molecule has 1 amide bonds. The van der Waals surface area contributed by atoms with E-state index in [0.29, 0.717) is 35.3 Å². The zero-order valence-electron chi connectivity index (χ0n) is 20.7. The second-order valence-electron chi connectivity index (χ2n) is 8.97. The first-order valence-electron chi connectivity index (χ1n) is 12.7. The van der Waals surface area contributed by atoms with Crippen LogP contribution in [0.3, 0.4) is 0 Å². The monoisotopic (exact) mass is 477 g/mol. The molecule has 1 heterocycles. The highest BCUT2D eigenvalue weighted by Crippen LogP contribution is 2.32. The van der Waals surface area contributed by atoms with Gasteiger partial charge < -0.3 is 9.88 Å². The number of Topliss-reactive ketones (excluding diaryl/α,β-unsaturated/α-hetero) is 1. The molecule has 0 aliphatic carbocycles. The van der Waals surface area contributed by atoms with E-state index in [-0.39, 0.29) is 5.69 Å². The van der Waals surface area contributed by atoms with E-state index >= 15 is 0 Å². The van der Waals surface area contributed by atoms with Crippen molar-refractivity contribution in [2.75, 3.05) is 13.1 Å². The number of unbranched alkanes of at least 4 members (excludes halogenated alkanes) is 6. The summed E-state index contributed by atoms with van der Waals surface area (Å²) in [6.45, 7) is 5.44. The van der Waals surface area contributed by atoms with Crippen LogP contribution >= 0.6 is 0 Å². The number of hydrogen-bond acceptors (Lipinski definition) is 4. The average Bonchev–Trinajstić information content (AvgIpc) is 3.26. The number of nitrogens with one attached hydrogen (secondary N) is 1. The van der Waals surface area contributed by atoms with Crippen molar-refractivity contribution in [3.8, 4) is 11.3 Å². The van der Waals surface area contributed by atoms with E-state index in [0.717, 1.165) is 56.9 Å².